The van der Waals surface area contributed by atoms with E-state index in [0.29, 0.717) is 5.69 Å². The van der Waals surface area contributed by atoms with Crippen LogP contribution in [0, 0.1) is 11.8 Å². The topological polar surface area (TPSA) is 83.5 Å². The zero-order valence-electron chi connectivity index (χ0n) is 12.0. The second-order valence-electron chi connectivity index (χ2n) is 4.40. The maximum absolute atomic E-state index is 11.4. The highest BCUT2D eigenvalue weighted by atomic mass is 16.4. The van der Waals surface area contributed by atoms with Crippen LogP contribution in [0.5, 0.6) is 0 Å². The first-order valence-electron chi connectivity index (χ1n) is 6.56. The summed E-state index contributed by atoms with van der Waals surface area (Å²) in [7, 11) is 0. The zero-order chi connectivity index (χ0) is 15.8. The molecule has 2 N–H and O–H groups in total. The van der Waals surface area contributed by atoms with Crippen LogP contribution in [0.1, 0.15) is 38.2 Å². The summed E-state index contributed by atoms with van der Waals surface area (Å²) < 4.78 is 0. The largest absolute Gasteiger partial charge is 0.481 e. The number of anilines is 1. The fraction of sp³-hybridized carbons (Fsp3) is 0.312. The molecule has 0 aromatic heterocycles. The molecular formula is C16H17NO4. The molecule has 5 nitrogen and oxygen atoms in total. The van der Waals surface area contributed by atoms with Crippen LogP contribution in [0.25, 0.3) is 0 Å². The molecule has 0 fully saturated rings. The van der Waals surface area contributed by atoms with Crippen molar-refractivity contribution in [3.8, 4) is 11.8 Å². The Morgan fingerprint density at radius 1 is 1.24 bits per heavy atom. The highest BCUT2D eigenvalue weighted by molar-refractivity contribution is 6.40. The number of carboxylic acid groups (broad SMARTS) is 1. The SMILES string of the molecule is CC#C[C@@H](CC(=O)O)c1ccc(NC(=O)C(=O)CC)cc1. The number of carbonyl (C=O) groups excluding carboxylic acids is 2. The molecule has 1 aromatic carbocycles. The molecule has 0 aliphatic heterocycles. The van der Waals surface area contributed by atoms with Gasteiger partial charge in [-0.05, 0) is 24.6 Å². The van der Waals surface area contributed by atoms with Crippen molar-refractivity contribution in [3.63, 3.8) is 0 Å². The van der Waals surface area contributed by atoms with E-state index in [1.165, 1.54) is 0 Å². The monoisotopic (exact) mass is 287 g/mol. The molecule has 0 aliphatic rings. The lowest BCUT2D eigenvalue weighted by molar-refractivity contribution is -0.137. The quantitative estimate of drug-likeness (QED) is 0.620. The predicted octanol–water partition coefficient (Wildman–Crippen LogP) is 2.19. The Morgan fingerprint density at radius 3 is 2.33 bits per heavy atom. The fourth-order valence-corrected chi connectivity index (χ4v) is 1.76. The first-order chi connectivity index (χ1) is 9.97. The number of aliphatic carboxylic acids is 1. The van der Waals surface area contributed by atoms with Gasteiger partial charge in [0.25, 0.3) is 5.91 Å². The van der Waals surface area contributed by atoms with E-state index in [4.69, 9.17) is 5.11 Å². The maximum Gasteiger partial charge on any atom is 0.304 e. The summed E-state index contributed by atoms with van der Waals surface area (Å²) in [4.78, 5) is 33.5. The molecule has 0 bridgehead atoms. The van der Waals surface area contributed by atoms with Crippen molar-refractivity contribution in [1.29, 1.82) is 0 Å². The van der Waals surface area contributed by atoms with Gasteiger partial charge in [-0.2, -0.15) is 0 Å². The van der Waals surface area contributed by atoms with E-state index in [-0.39, 0.29) is 12.8 Å². The lowest BCUT2D eigenvalue weighted by Crippen LogP contribution is -2.21. The van der Waals surface area contributed by atoms with E-state index in [9.17, 15) is 14.4 Å². The molecule has 1 atom stereocenters. The van der Waals surface area contributed by atoms with Gasteiger partial charge in [0, 0.05) is 12.1 Å². The number of carbonyl (C=O) groups is 3. The van der Waals surface area contributed by atoms with Crippen molar-refractivity contribution in [1.82, 2.24) is 0 Å². The van der Waals surface area contributed by atoms with Crippen LogP contribution in [0.3, 0.4) is 0 Å². The fourth-order valence-electron chi connectivity index (χ4n) is 1.76. The number of amides is 1. The number of benzene rings is 1. The summed E-state index contributed by atoms with van der Waals surface area (Å²) >= 11 is 0. The molecule has 0 radical (unpaired) electrons. The van der Waals surface area contributed by atoms with Crippen molar-refractivity contribution in [3.05, 3.63) is 29.8 Å². The molecule has 0 heterocycles. The number of hydrogen-bond acceptors (Lipinski definition) is 3. The first-order valence-corrected chi connectivity index (χ1v) is 6.56. The molecule has 0 aliphatic carbocycles. The molecule has 1 aromatic rings. The normalized spacial score (nSPS) is 11.0. The Kier molecular flexibility index (Phi) is 6.15. The lowest BCUT2D eigenvalue weighted by Gasteiger charge is -2.10. The number of Topliss-reactive ketones (excluding diaryl/α,β-unsaturated/α-hetero) is 1. The Hall–Kier alpha value is -2.61. The number of hydrogen-bond donors (Lipinski definition) is 2. The minimum Gasteiger partial charge on any atom is -0.481 e. The predicted molar refractivity (Wildman–Crippen MR) is 78.8 cm³/mol. The zero-order valence-corrected chi connectivity index (χ0v) is 12.0. The van der Waals surface area contributed by atoms with Crippen molar-refractivity contribution < 1.29 is 19.5 Å². The van der Waals surface area contributed by atoms with Gasteiger partial charge in [0.1, 0.15) is 0 Å². The van der Waals surface area contributed by atoms with Gasteiger partial charge in [0.05, 0.1) is 12.3 Å². The summed E-state index contributed by atoms with van der Waals surface area (Å²) in [6, 6.07) is 6.65. The molecule has 5 heteroatoms. The minimum absolute atomic E-state index is 0.0825. The highest BCUT2D eigenvalue weighted by Gasteiger charge is 2.14. The van der Waals surface area contributed by atoms with E-state index in [0.717, 1.165) is 5.56 Å². The van der Waals surface area contributed by atoms with Crippen LogP contribution >= 0.6 is 0 Å². The average molecular weight is 287 g/mol. The van der Waals surface area contributed by atoms with Gasteiger partial charge >= 0.3 is 5.97 Å². The van der Waals surface area contributed by atoms with Gasteiger partial charge in [-0.25, -0.2) is 0 Å². The molecule has 0 saturated heterocycles. The Bertz CT molecular complexity index is 593. The van der Waals surface area contributed by atoms with E-state index in [1.807, 2.05) is 0 Å². The van der Waals surface area contributed by atoms with Gasteiger partial charge in [-0.15, -0.1) is 5.92 Å². The molecule has 1 rings (SSSR count). The molecule has 21 heavy (non-hydrogen) atoms. The molecule has 110 valence electrons. The molecular weight excluding hydrogens is 270 g/mol. The maximum atomic E-state index is 11.4. The van der Waals surface area contributed by atoms with Gasteiger partial charge in [0.15, 0.2) is 0 Å². The number of ketones is 1. The van der Waals surface area contributed by atoms with Crippen LogP contribution in [0.4, 0.5) is 5.69 Å². The third-order valence-electron chi connectivity index (χ3n) is 2.84. The standard InChI is InChI=1S/C16H17NO4/c1-3-5-12(10-15(19)20)11-6-8-13(9-7-11)17-16(21)14(18)4-2/h6-9,12H,4,10H2,1-2H3,(H,17,21)(H,19,20)/t12-/m0/s1. The van der Waals surface area contributed by atoms with Crippen LogP contribution in [-0.2, 0) is 14.4 Å². The first kappa shape index (κ1) is 16.4. The summed E-state index contributed by atoms with van der Waals surface area (Å²) in [6.45, 7) is 3.27. The lowest BCUT2D eigenvalue weighted by atomic mass is 9.96. The Morgan fingerprint density at radius 2 is 1.86 bits per heavy atom. The van der Waals surface area contributed by atoms with E-state index >= 15 is 0 Å². The van der Waals surface area contributed by atoms with Crippen LogP contribution in [0.15, 0.2) is 24.3 Å². The van der Waals surface area contributed by atoms with E-state index in [1.54, 1.807) is 38.1 Å². The molecule has 0 spiro atoms. The number of nitrogens with one attached hydrogen (secondary N) is 1. The highest BCUT2D eigenvalue weighted by Crippen LogP contribution is 2.21. The third kappa shape index (κ3) is 5.11. The molecule has 0 unspecified atom stereocenters. The van der Waals surface area contributed by atoms with Gasteiger partial charge < -0.3 is 10.4 Å². The third-order valence-corrected chi connectivity index (χ3v) is 2.84. The van der Waals surface area contributed by atoms with Crippen LogP contribution in [-0.4, -0.2) is 22.8 Å². The van der Waals surface area contributed by atoms with Crippen LogP contribution in [0.2, 0.25) is 0 Å². The number of rotatable bonds is 6. The van der Waals surface area contributed by atoms with Crippen molar-refractivity contribution in [2.24, 2.45) is 0 Å². The second kappa shape index (κ2) is 7.85. The summed E-state index contributed by atoms with van der Waals surface area (Å²) in [6.07, 6.45) is 0.0670. The Balaban J connectivity index is 2.84. The van der Waals surface area contributed by atoms with Gasteiger partial charge in [-0.3, -0.25) is 14.4 Å². The van der Waals surface area contributed by atoms with Crippen molar-refractivity contribution >= 4 is 23.3 Å². The van der Waals surface area contributed by atoms with Crippen molar-refractivity contribution in [2.45, 2.75) is 32.6 Å². The van der Waals surface area contributed by atoms with E-state index < -0.39 is 23.6 Å². The van der Waals surface area contributed by atoms with Crippen LogP contribution < -0.4 is 5.32 Å². The smallest absolute Gasteiger partial charge is 0.304 e. The number of carboxylic acids is 1. The summed E-state index contributed by atoms with van der Waals surface area (Å²) in [5.74, 6) is 3.10. The van der Waals surface area contributed by atoms with E-state index in [2.05, 4.69) is 17.2 Å². The molecule has 0 saturated carbocycles. The van der Waals surface area contributed by atoms with Gasteiger partial charge in [0.2, 0.25) is 5.78 Å². The average Bonchev–Trinajstić information content (AvgIpc) is 2.46. The summed E-state index contributed by atoms with van der Waals surface area (Å²) in [5, 5.41) is 11.4. The Labute approximate surface area is 123 Å². The second-order valence-corrected chi connectivity index (χ2v) is 4.40. The van der Waals surface area contributed by atoms with Gasteiger partial charge in [-0.1, -0.05) is 25.0 Å². The molecule has 1 amide bonds. The van der Waals surface area contributed by atoms with Crippen molar-refractivity contribution in [2.75, 3.05) is 5.32 Å². The summed E-state index contributed by atoms with van der Waals surface area (Å²) in [5.41, 5.74) is 1.25. The minimum atomic E-state index is -0.923.